The summed E-state index contributed by atoms with van der Waals surface area (Å²) < 4.78 is 5.61. The summed E-state index contributed by atoms with van der Waals surface area (Å²) >= 11 is 0. The van der Waals surface area contributed by atoms with E-state index in [-0.39, 0.29) is 0 Å². The molecule has 20 heavy (non-hydrogen) atoms. The monoisotopic (exact) mass is 268 g/mol. The van der Waals surface area contributed by atoms with Gasteiger partial charge in [0.25, 0.3) is 0 Å². The van der Waals surface area contributed by atoms with Crippen molar-refractivity contribution in [1.29, 1.82) is 0 Å². The molecule has 0 N–H and O–H groups in total. The maximum atomic E-state index is 5.61. The minimum absolute atomic E-state index is 0.445. The minimum Gasteiger partial charge on any atom is -0.416 e. The molecule has 2 aromatic rings. The van der Waals surface area contributed by atoms with E-state index in [0.29, 0.717) is 11.8 Å². The maximum Gasteiger partial charge on any atom is 0.248 e. The van der Waals surface area contributed by atoms with Gasteiger partial charge in [-0.15, -0.1) is 10.2 Å². The number of hydrogen-bond donors (Lipinski definition) is 0. The van der Waals surface area contributed by atoms with Crippen molar-refractivity contribution in [3.8, 4) is 11.5 Å². The molecule has 3 heteroatoms. The SMILES string of the molecule is C=C/C=C(\C=C)c1nnc(-c2ccc(C)cc2)o1.CC. The Balaban J connectivity index is 0.000000956. The van der Waals surface area contributed by atoms with Gasteiger partial charge >= 0.3 is 0 Å². The Morgan fingerprint density at radius 3 is 2.30 bits per heavy atom. The lowest BCUT2D eigenvalue weighted by atomic mass is 10.1. The average Bonchev–Trinajstić information content (AvgIpc) is 2.97. The highest BCUT2D eigenvalue weighted by molar-refractivity contribution is 5.69. The molecule has 0 amide bonds. The van der Waals surface area contributed by atoms with Crippen molar-refractivity contribution in [2.24, 2.45) is 0 Å². The maximum absolute atomic E-state index is 5.61. The summed E-state index contributed by atoms with van der Waals surface area (Å²) in [5.74, 6) is 0.947. The van der Waals surface area contributed by atoms with Crippen LogP contribution in [0.1, 0.15) is 25.3 Å². The molecule has 0 aliphatic carbocycles. The van der Waals surface area contributed by atoms with Gasteiger partial charge in [0.1, 0.15) is 0 Å². The number of aromatic nitrogens is 2. The van der Waals surface area contributed by atoms with E-state index in [1.54, 1.807) is 18.2 Å². The van der Waals surface area contributed by atoms with Crippen LogP contribution in [0.15, 0.2) is 60.1 Å². The van der Waals surface area contributed by atoms with Gasteiger partial charge in [-0.1, -0.05) is 62.9 Å². The largest absolute Gasteiger partial charge is 0.416 e. The van der Waals surface area contributed by atoms with Gasteiger partial charge in [0, 0.05) is 11.1 Å². The van der Waals surface area contributed by atoms with Crippen LogP contribution < -0.4 is 0 Å². The first-order chi connectivity index (χ1) is 9.74. The van der Waals surface area contributed by atoms with E-state index in [0.717, 1.165) is 11.1 Å². The topological polar surface area (TPSA) is 38.9 Å². The van der Waals surface area contributed by atoms with Crippen LogP contribution in [-0.2, 0) is 0 Å². The van der Waals surface area contributed by atoms with Crippen LogP contribution in [0.4, 0.5) is 0 Å². The molecule has 0 spiro atoms. The lowest BCUT2D eigenvalue weighted by Crippen LogP contribution is -1.79. The van der Waals surface area contributed by atoms with E-state index in [2.05, 4.69) is 23.4 Å². The smallest absolute Gasteiger partial charge is 0.248 e. The van der Waals surface area contributed by atoms with Gasteiger partial charge in [-0.3, -0.25) is 0 Å². The van der Waals surface area contributed by atoms with Gasteiger partial charge < -0.3 is 4.42 Å². The van der Waals surface area contributed by atoms with Crippen LogP contribution in [-0.4, -0.2) is 10.2 Å². The Labute approximate surface area is 120 Å². The highest BCUT2D eigenvalue weighted by Gasteiger charge is 2.09. The molecule has 2 rings (SSSR count). The quantitative estimate of drug-likeness (QED) is 0.746. The van der Waals surface area contributed by atoms with Crippen LogP contribution in [0.2, 0.25) is 0 Å². The van der Waals surface area contributed by atoms with Gasteiger partial charge in [-0.2, -0.15) is 0 Å². The summed E-state index contributed by atoms with van der Waals surface area (Å²) in [6.45, 7) is 13.4. The number of benzene rings is 1. The fraction of sp³-hybridized carbons (Fsp3) is 0.176. The molecule has 1 aromatic heterocycles. The number of rotatable bonds is 4. The Bertz CT molecular complexity index is 592. The predicted octanol–water partition coefficient (Wildman–Crippen LogP) is 4.83. The first-order valence-electron chi connectivity index (χ1n) is 6.60. The van der Waals surface area contributed by atoms with Crippen molar-refractivity contribution in [3.63, 3.8) is 0 Å². The molecule has 0 atom stereocenters. The van der Waals surface area contributed by atoms with Crippen LogP contribution in [0.3, 0.4) is 0 Å². The minimum atomic E-state index is 0.445. The summed E-state index contributed by atoms with van der Waals surface area (Å²) in [5, 5.41) is 8.03. The van der Waals surface area contributed by atoms with E-state index in [1.165, 1.54) is 5.56 Å². The molecule has 0 aliphatic rings. The highest BCUT2D eigenvalue weighted by Crippen LogP contribution is 2.22. The lowest BCUT2D eigenvalue weighted by Gasteiger charge is -1.95. The van der Waals surface area contributed by atoms with Crippen molar-refractivity contribution in [3.05, 3.63) is 67.1 Å². The first-order valence-corrected chi connectivity index (χ1v) is 6.60. The molecule has 0 radical (unpaired) electrons. The molecule has 0 fully saturated rings. The third-order valence-corrected chi connectivity index (χ3v) is 2.49. The molecule has 0 saturated carbocycles. The Hall–Kier alpha value is -2.42. The van der Waals surface area contributed by atoms with Crippen molar-refractivity contribution in [1.82, 2.24) is 10.2 Å². The fourth-order valence-corrected chi connectivity index (χ4v) is 1.51. The van der Waals surface area contributed by atoms with Crippen molar-refractivity contribution < 1.29 is 4.42 Å². The van der Waals surface area contributed by atoms with Crippen molar-refractivity contribution in [2.75, 3.05) is 0 Å². The molecule has 1 heterocycles. The van der Waals surface area contributed by atoms with E-state index < -0.39 is 0 Å². The van der Waals surface area contributed by atoms with Gasteiger partial charge in [0.15, 0.2) is 0 Å². The highest BCUT2D eigenvalue weighted by atomic mass is 16.4. The number of allylic oxidation sites excluding steroid dienone is 4. The lowest BCUT2D eigenvalue weighted by molar-refractivity contribution is 0.554. The molecule has 1 aromatic carbocycles. The van der Waals surface area contributed by atoms with Crippen molar-refractivity contribution >= 4 is 5.57 Å². The van der Waals surface area contributed by atoms with E-state index in [1.807, 2.05) is 45.0 Å². The Morgan fingerprint density at radius 1 is 1.10 bits per heavy atom. The van der Waals surface area contributed by atoms with Crippen LogP contribution in [0, 0.1) is 6.92 Å². The third kappa shape index (κ3) is 3.79. The first kappa shape index (κ1) is 15.6. The Kier molecular flexibility index (Phi) is 6.17. The van der Waals surface area contributed by atoms with Crippen molar-refractivity contribution in [2.45, 2.75) is 20.8 Å². The van der Waals surface area contributed by atoms with Gasteiger partial charge in [0.05, 0.1) is 0 Å². The van der Waals surface area contributed by atoms with E-state index in [9.17, 15) is 0 Å². The molecule has 0 aliphatic heterocycles. The second-order valence-corrected chi connectivity index (χ2v) is 3.84. The summed E-state index contributed by atoms with van der Waals surface area (Å²) in [6, 6.07) is 7.93. The number of aryl methyl sites for hydroxylation is 1. The van der Waals surface area contributed by atoms with E-state index in [4.69, 9.17) is 4.42 Å². The molecular weight excluding hydrogens is 248 g/mol. The van der Waals surface area contributed by atoms with Gasteiger partial charge in [0.2, 0.25) is 11.8 Å². The summed E-state index contributed by atoms with van der Waals surface area (Å²) in [6.07, 6.45) is 5.10. The molecular formula is C17H20N2O. The van der Waals surface area contributed by atoms with E-state index >= 15 is 0 Å². The standard InChI is InChI=1S/C15H14N2O.C2H6/c1-4-6-12(5-2)14-16-17-15(18-14)13-9-7-11(3)8-10-13;1-2/h4-10H,1-2H2,3H3;1-2H3/b12-6+;. The second kappa shape index (κ2) is 7.89. The normalized spacial score (nSPS) is 10.4. The van der Waals surface area contributed by atoms with Crippen LogP contribution in [0.25, 0.3) is 17.0 Å². The zero-order valence-corrected chi connectivity index (χ0v) is 12.3. The summed E-state index contributed by atoms with van der Waals surface area (Å²) in [7, 11) is 0. The second-order valence-electron chi connectivity index (χ2n) is 3.84. The third-order valence-electron chi connectivity index (χ3n) is 2.49. The zero-order valence-electron chi connectivity index (χ0n) is 12.3. The molecule has 0 unspecified atom stereocenters. The number of hydrogen-bond acceptors (Lipinski definition) is 3. The van der Waals surface area contributed by atoms with Crippen LogP contribution >= 0.6 is 0 Å². The fourth-order valence-electron chi connectivity index (χ4n) is 1.51. The predicted molar refractivity (Wildman–Crippen MR) is 84.2 cm³/mol. The molecule has 3 nitrogen and oxygen atoms in total. The van der Waals surface area contributed by atoms with Crippen LogP contribution in [0.5, 0.6) is 0 Å². The summed E-state index contributed by atoms with van der Waals surface area (Å²) in [4.78, 5) is 0. The zero-order chi connectivity index (χ0) is 15.0. The summed E-state index contributed by atoms with van der Waals surface area (Å²) in [5.41, 5.74) is 2.86. The molecule has 0 bridgehead atoms. The Morgan fingerprint density at radius 2 is 1.75 bits per heavy atom. The van der Waals surface area contributed by atoms with Gasteiger partial charge in [-0.25, -0.2) is 0 Å². The number of nitrogens with zero attached hydrogens (tertiary/aromatic N) is 2. The average molecular weight is 268 g/mol. The molecule has 0 saturated heterocycles. The van der Waals surface area contributed by atoms with Gasteiger partial charge in [-0.05, 0) is 19.1 Å². The molecule has 104 valence electrons.